The third-order valence-electron chi connectivity index (χ3n) is 7.07. The molecule has 1 saturated carbocycles. The summed E-state index contributed by atoms with van der Waals surface area (Å²) in [4.78, 5) is 65.1. The normalized spacial score (nSPS) is 21.4. The maximum Gasteiger partial charge on any atom is 0.329 e. The molecule has 10 nitrogen and oxygen atoms in total. The molecule has 2 aromatic rings. The average Bonchev–Trinajstić information content (AvgIpc) is 3.23. The van der Waals surface area contributed by atoms with E-state index < -0.39 is 29.6 Å². The quantitative estimate of drug-likeness (QED) is 0.496. The fraction of sp³-hybridized carbons (Fsp3) is 0.480. The highest BCUT2D eigenvalue weighted by atomic mass is 16.5. The van der Waals surface area contributed by atoms with Crippen LogP contribution >= 0.6 is 0 Å². The minimum Gasteiger partial charge on any atom is -0.451 e. The molecule has 0 radical (unpaired) electrons. The summed E-state index contributed by atoms with van der Waals surface area (Å²) in [5, 5.41) is 2.56. The largest absolute Gasteiger partial charge is 0.451 e. The maximum absolute atomic E-state index is 13.0. The number of hydrogen-bond donors (Lipinski definition) is 1. The van der Waals surface area contributed by atoms with E-state index in [4.69, 9.17) is 4.74 Å². The average molecular weight is 483 g/mol. The van der Waals surface area contributed by atoms with Gasteiger partial charge in [-0.3, -0.25) is 28.8 Å². The van der Waals surface area contributed by atoms with Gasteiger partial charge in [0.15, 0.2) is 6.10 Å². The summed E-state index contributed by atoms with van der Waals surface area (Å²) in [7, 11) is 1.70. The SMILES string of the molecule is Cc1c(NC(=O)C(C)OC(=O)[C@H](C)N2C(=O)C3CCCCC3C2=O)c(=O)n(-c2ccccc2)n1C. The van der Waals surface area contributed by atoms with Gasteiger partial charge in [-0.25, -0.2) is 9.48 Å². The number of aromatic nitrogens is 2. The van der Waals surface area contributed by atoms with Gasteiger partial charge in [-0.2, -0.15) is 0 Å². The zero-order valence-electron chi connectivity index (χ0n) is 20.3. The van der Waals surface area contributed by atoms with Gasteiger partial charge in [-0.15, -0.1) is 0 Å². The second kappa shape index (κ2) is 9.52. The Bertz CT molecular complexity index is 1210. The molecule has 10 heteroatoms. The molecule has 2 heterocycles. The number of esters is 1. The number of imide groups is 1. The Kier molecular flexibility index (Phi) is 6.64. The topological polar surface area (TPSA) is 120 Å². The van der Waals surface area contributed by atoms with E-state index in [0.717, 1.165) is 17.7 Å². The smallest absolute Gasteiger partial charge is 0.329 e. The summed E-state index contributed by atoms with van der Waals surface area (Å²) in [5.74, 6) is -2.98. The van der Waals surface area contributed by atoms with Crippen LogP contribution in [0.25, 0.3) is 5.69 Å². The second-order valence-corrected chi connectivity index (χ2v) is 9.22. The van der Waals surface area contributed by atoms with Crippen molar-refractivity contribution < 1.29 is 23.9 Å². The Balaban J connectivity index is 1.45. The van der Waals surface area contributed by atoms with E-state index in [-0.39, 0.29) is 29.3 Å². The number of ether oxygens (including phenoxy) is 1. The molecule has 4 atom stereocenters. The highest BCUT2D eigenvalue weighted by molar-refractivity contribution is 6.08. The Morgan fingerprint density at radius 2 is 1.57 bits per heavy atom. The predicted molar refractivity (Wildman–Crippen MR) is 127 cm³/mol. The van der Waals surface area contributed by atoms with Crippen LogP contribution in [0, 0.1) is 18.8 Å². The van der Waals surface area contributed by atoms with Crippen molar-refractivity contribution in [1.29, 1.82) is 0 Å². The number of nitrogens with one attached hydrogen (secondary N) is 1. The van der Waals surface area contributed by atoms with Crippen LogP contribution in [0.3, 0.4) is 0 Å². The van der Waals surface area contributed by atoms with Crippen molar-refractivity contribution >= 4 is 29.4 Å². The predicted octanol–water partition coefficient (Wildman–Crippen LogP) is 1.92. The lowest BCUT2D eigenvalue weighted by atomic mass is 9.81. The molecule has 0 bridgehead atoms. The summed E-state index contributed by atoms with van der Waals surface area (Å²) in [6, 6.07) is 7.85. The molecule has 2 fully saturated rings. The first kappa shape index (κ1) is 24.4. The van der Waals surface area contributed by atoms with Crippen LogP contribution in [-0.2, 0) is 31.0 Å². The molecule has 1 aromatic carbocycles. The van der Waals surface area contributed by atoms with Gasteiger partial charge in [0.2, 0.25) is 11.8 Å². The van der Waals surface area contributed by atoms with E-state index >= 15 is 0 Å². The van der Waals surface area contributed by atoms with Crippen LogP contribution in [0.5, 0.6) is 0 Å². The number of likely N-dealkylation sites (tertiary alicyclic amines) is 1. The van der Waals surface area contributed by atoms with E-state index in [1.165, 1.54) is 18.5 Å². The number of anilines is 1. The molecule has 0 spiro atoms. The summed E-state index contributed by atoms with van der Waals surface area (Å²) in [5.41, 5.74) is 0.811. The van der Waals surface area contributed by atoms with Crippen LogP contribution < -0.4 is 10.9 Å². The standard InChI is InChI=1S/C25H30N4O6/c1-14-20(24(33)29(27(14)4)17-10-6-5-7-11-17)26-21(30)16(3)35-25(34)15(2)28-22(31)18-12-8-9-13-19(18)23(28)32/h5-7,10-11,15-16,18-19H,8-9,12-13H2,1-4H3,(H,26,30)/t15-,16?,18?,19?/m0/s1. The van der Waals surface area contributed by atoms with E-state index in [0.29, 0.717) is 24.2 Å². The fourth-order valence-electron chi connectivity index (χ4n) is 4.94. The van der Waals surface area contributed by atoms with Crippen LogP contribution in [0.4, 0.5) is 5.69 Å². The van der Waals surface area contributed by atoms with E-state index in [1.807, 2.05) is 6.07 Å². The van der Waals surface area contributed by atoms with Gasteiger partial charge in [-0.1, -0.05) is 31.0 Å². The third kappa shape index (κ3) is 4.28. The van der Waals surface area contributed by atoms with Gasteiger partial charge >= 0.3 is 5.97 Å². The number of amides is 3. The second-order valence-electron chi connectivity index (χ2n) is 9.22. The van der Waals surface area contributed by atoms with E-state index in [1.54, 1.807) is 42.9 Å². The Morgan fingerprint density at radius 3 is 2.14 bits per heavy atom. The third-order valence-corrected chi connectivity index (χ3v) is 7.07. The number of nitrogens with zero attached hydrogens (tertiary/aromatic N) is 3. The molecule has 1 saturated heterocycles. The molecule has 3 unspecified atom stereocenters. The summed E-state index contributed by atoms with van der Waals surface area (Å²) in [6.07, 6.45) is 1.81. The first-order valence-electron chi connectivity index (χ1n) is 11.9. The summed E-state index contributed by atoms with van der Waals surface area (Å²) in [6.45, 7) is 4.50. The van der Waals surface area contributed by atoms with Crippen LogP contribution in [0.15, 0.2) is 35.1 Å². The van der Waals surface area contributed by atoms with Gasteiger partial charge in [0.1, 0.15) is 11.7 Å². The van der Waals surface area contributed by atoms with Gasteiger partial charge in [0, 0.05) is 7.05 Å². The molecule has 1 N–H and O–H groups in total. The van der Waals surface area contributed by atoms with Crippen molar-refractivity contribution in [1.82, 2.24) is 14.3 Å². The molecule has 3 amide bonds. The fourth-order valence-corrected chi connectivity index (χ4v) is 4.94. The number of fused-ring (bicyclic) bond motifs is 1. The Hall–Kier alpha value is -3.69. The van der Waals surface area contributed by atoms with Crippen molar-refractivity contribution in [2.24, 2.45) is 18.9 Å². The summed E-state index contributed by atoms with van der Waals surface area (Å²) >= 11 is 0. The lowest BCUT2D eigenvalue weighted by Gasteiger charge is -2.23. The van der Waals surface area contributed by atoms with Crippen molar-refractivity contribution in [2.75, 3.05) is 5.32 Å². The van der Waals surface area contributed by atoms with Gasteiger partial charge in [0.25, 0.3) is 11.5 Å². The number of carbonyl (C=O) groups is 4. The molecular formula is C25H30N4O6. The molecule has 1 aliphatic heterocycles. The summed E-state index contributed by atoms with van der Waals surface area (Å²) < 4.78 is 8.34. The first-order valence-corrected chi connectivity index (χ1v) is 11.9. The van der Waals surface area contributed by atoms with E-state index in [9.17, 15) is 24.0 Å². The Labute approximate surface area is 202 Å². The molecule has 186 valence electrons. The zero-order chi connectivity index (χ0) is 25.4. The maximum atomic E-state index is 13.0. The lowest BCUT2D eigenvalue weighted by molar-refractivity contribution is -0.163. The van der Waals surface area contributed by atoms with E-state index in [2.05, 4.69) is 5.32 Å². The van der Waals surface area contributed by atoms with Crippen molar-refractivity contribution in [2.45, 2.75) is 58.6 Å². The molecular weight excluding hydrogens is 452 g/mol. The zero-order valence-corrected chi connectivity index (χ0v) is 20.3. The number of benzene rings is 1. The Morgan fingerprint density at radius 1 is 1.00 bits per heavy atom. The van der Waals surface area contributed by atoms with Gasteiger partial charge < -0.3 is 10.1 Å². The minimum absolute atomic E-state index is 0.0753. The van der Waals surface area contributed by atoms with Crippen molar-refractivity contribution in [3.63, 3.8) is 0 Å². The number of hydrogen-bond acceptors (Lipinski definition) is 6. The van der Waals surface area contributed by atoms with Crippen LogP contribution in [-0.4, -0.2) is 50.1 Å². The molecule has 4 rings (SSSR count). The van der Waals surface area contributed by atoms with Crippen LogP contribution in [0.2, 0.25) is 0 Å². The highest BCUT2D eigenvalue weighted by Gasteiger charge is 2.51. The van der Waals surface area contributed by atoms with Gasteiger partial charge in [-0.05, 0) is 45.7 Å². The number of carbonyl (C=O) groups excluding carboxylic acids is 4. The number of para-hydroxylation sites is 1. The minimum atomic E-state index is -1.25. The highest BCUT2D eigenvalue weighted by Crippen LogP contribution is 2.39. The van der Waals surface area contributed by atoms with Crippen molar-refractivity contribution in [3.8, 4) is 5.69 Å². The lowest BCUT2D eigenvalue weighted by Crippen LogP contribution is -2.46. The van der Waals surface area contributed by atoms with Crippen LogP contribution in [0.1, 0.15) is 45.2 Å². The van der Waals surface area contributed by atoms with Gasteiger partial charge in [0.05, 0.1) is 23.2 Å². The molecule has 35 heavy (non-hydrogen) atoms. The number of rotatable bonds is 6. The first-order chi connectivity index (χ1) is 16.6. The molecule has 1 aliphatic carbocycles. The molecule has 2 aliphatic rings. The monoisotopic (exact) mass is 482 g/mol. The van der Waals surface area contributed by atoms with Crippen molar-refractivity contribution in [3.05, 3.63) is 46.4 Å². The molecule has 1 aromatic heterocycles.